The summed E-state index contributed by atoms with van der Waals surface area (Å²) in [5.74, 6) is -0.100. The molecular weight excluding hydrogens is 244 g/mol. The summed E-state index contributed by atoms with van der Waals surface area (Å²) in [5.41, 5.74) is 0. The first kappa shape index (κ1) is 14.9. The number of hydrogen-bond acceptors (Lipinski definition) is 5. The Bertz CT molecular complexity index is 304. The summed E-state index contributed by atoms with van der Waals surface area (Å²) in [6.07, 6.45) is 2.62. The molecule has 102 valence electrons. The highest BCUT2D eigenvalue weighted by molar-refractivity contribution is 7.87. The first-order valence-electron chi connectivity index (χ1n) is 6.15. The van der Waals surface area contributed by atoms with Crippen LogP contribution in [0.3, 0.4) is 0 Å². The van der Waals surface area contributed by atoms with Crippen molar-refractivity contribution in [1.82, 2.24) is 0 Å². The van der Waals surface area contributed by atoms with Crippen LogP contribution in [0.5, 0.6) is 0 Å². The van der Waals surface area contributed by atoms with Crippen molar-refractivity contribution >= 4 is 10.1 Å². The first-order chi connectivity index (χ1) is 8.05. The second-order valence-corrected chi connectivity index (χ2v) is 6.54. The second kappa shape index (κ2) is 6.68. The van der Waals surface area contributed by atoms with Gasteiger partial charge < -0.3 is 10.2 Å². The largest absolute Gasteiger partial charge is 0.396 e. The zero-order valence-electron chi connectivity index (χ0n) is 10.2. The predicted octanol–water partition coefficient (Wildman–Crippen LogP) is 0.512. The summed E-state index contributed by atoms with van der Waals surface area (Å²) in [6.45, 7) is 2.04. The average molecular weight is 266 g/mol. The highest BCUT2D eigenvalue weighted by Gasteiger charge is 2.42. The Morgan fingerprint density at radius 3 is 2.35 bits per heavy atom. The number of hydrogen-bond donors (Lipinski definition) is 2. The van der Waals surface area contributed by atoms with Crippen LogP contribution >= 0.6 is 0 Å². The van der Waals surface area contributed by atoms with Crippen LogP contribution in [0.1, 0.15) is 32.6 Å². The molecule has 0 unspecified atom stereocenters. The van der Waals surface area contributed by atoms with Crippen LogP contribution in [0.25, 0.3) is 0 Å². The van der Waals surface area contributed by atoms with Gasteiger partial charge in [0.1, 0.15) is 0 Å². The smallest absolute Gasteiger partial charge is 0.270 e. The van der Waals surface area contributed by atoms with Crippen LogP contribution in [0.15, 0.2) is 0 Å². The molecule has 0 aromatic carbocycles. The molecule has 1 aliphatic rings. The van der Waals surface area contributed by atoms with E-state index in [1.807, 2.05) is 6.92 Å². The molecule has 1 aliphatic carbocycles. The van der Waals surface area contributed by atoms with Gasteiger partial charge in [0.05, 0.1) is 11.9 Å². The molecule has 0 heterocycles. The summed E-state index contributed by atoms with van der Waals surface area (Å²) in [6, 6.07) is 0. The molecule has 0 radical (unpaired) electrons. The summed E-state index contributed by atoms with van der Waals surface area (Å²) in [7, 11) is -3.44. The Balaban J connectivity index is 2.35. The van der Waals surface area contributed by atoms with E-state index < -0.39 is 15.4 Å². The normalized spacial score (nSPS) is 24.9. The highest BCUT2D eigenvalue weighted by Crippen LogP contribution is 2.38. The van der Waals surface area contributed by atoms with Gasteiger partial charge in [-0.15, -0.1) is 0 Å². The summed E-state index contributed by atoms with van der Waals surface area (Å²) in [5, 5.41) is 17.5. The average Bonchev–Trinajstić information content (AvgIpc) is 2.22. The van der Waals surface area contributed by atoms with Crippen LogP contribution in [0, 0.1) is 11.8 Å². The van der Waals surface area contributed by atoms with Gasteiger partial charge in [-0.1, -0.05) is 13.3 Å². The van der Waals surface area contributed by atoms with Crippen LogP contribution in [0.4, 0.5) is 0 Å². The van der Waals surface area contributed by atoms with Gasteiger partial charge in [0.25, 0.3) is 10.1 Å². The quantitative estimate of drug-likeness (QED) is 0.494. The van der Waals surface area contributed by atoms with Gasteiger partial charge in [-0.05, 0) is 25.2 Å². The Hall–Kier alpha value is -0.170. The third-order valence-corrected chi connectivity index (χ3v) is 5.12. The van der Waals surface area contributed by atoms with Crippen molar-refractivity contribution in [2.45, 2.75) is 37.9 Å². The minimum absolute atomic E-state index is 0.0926. The maximum Gasteiger partial charge on any atom is 0.270 e. The van der Waals surface area contributed by atoms with E-state index in [-0.39, 0.29) is 31.7 Å². The maximum atomic E-state index is 11.7. The molecule has 0 aromatic rings. The molecule has 5 nitrogen and oxygen atoms in total. The van der Waals surface area contributed by atoms with E-state index in [0.717, 1.165) is 12.8 Å². The van der Waals surface area contributed by atoms with Crippen molar-refractivity contribution in [3.05, 3.63) is 0 Å². The molecule has 6 heteroatoms. The van der Waals surface area contributed by atoms with E-state index in [0.29, 0.717) is 12.8 Å². The molecule has 2 N–H and O–H groups in total. The van der Waals surface area contributed by atoms with E-state index >= 15 is 0 Å². The Morgan fingerprint density at radius 2 is 1.88 bits per heavy atom. The van der Waals surface area contributed by atoms with Crippen molar-refractivity contribution in [3.8, 4) is 0 Å². The second-order valence-electron chi connectivity index (χ2n) is 4.65. The molecule has 0 aromatic heterocycles. The topological polar surface area (TPSA) is 83.8 Å². The summed E-state index contributed by atoms with van der Waals surface area (Å²) in [4.78, 5) is 0. The predicted molar refractivity (Wildman–Crippen MR) is 64.0 cm³/mol. The Kier molecular flexibility index (Phi) is 5.85. The summed E-state index contributed by atoms with van der Waals surface area (Å²) >= 11 is 0. The third kappa shape index (κ3) is 3.91. The fourth-order valence-electron chi connectivity index (χ4n) is 2.00. The lowest BCUT2D eigenvalue weighted by molar-refractivity contribution is 0.0699. The van der Waals surface area contributed by atoms with Crippen LogP contribution in [-0.4, -0.2) is 43.7 Å². The number of unbranched alkanes of at least 4 members (excludes halogenated alkanes) is 1. The molecule has 0 atom stereocenters. The van der Waals surface area contributed by atoms with Crippen molar-refractivity contribution in [2.24, 2.45) is 11.8 Å². The monoisotopic (exact) mass is 266 g/mol. The molecule has 1 rings (SSSR count). The van der Waals surface area contributed by atoms with E-state index in [4.69, 9.17) is 14.4 Å². The number of aliphatic hydroxyl groups excluding tert-OH is 2. The van der Waals surface area contributed by atoms with Crippen LogP contribution < -0.4 is 0 Å². The van der Waals surface area contributed by atoms with Gasteiger partial charge >= 0.3 is 0 Å². The fourth-order valence-corrected chi connectivity index (χ4v) is 3.51. The maximum absolute atomic E-state index is 11.7. The van der Waals surface area contributed by atoms with E-state index in [2.05, 4.69) is 0 Å². The zero-order valence-corrected chi connectivity index (χ0v) is 11.0. The molecule has 17 heavy (non-hydrogen) atoms. The van der Waals surface area contributed by atoms with Gasteiger partial charge in [-0.25, -0.2) is 0 Å². The van der Waals surface area contributed by atoms with E-state index in [1.165, 1.54) is 0 Å². The van der Waals surface area contributed by atoms with Gasteiger partial charge in [0, 0.05) is 19.1 Å². The van der Waals surface area contributed by atoms with Crippen molar-refractivity contribution in [1.29, 1.82) is 0 Å². The standard InChI is InChI=1S/C11H22O5S/c1-2-3-4-16-17(14,15)11-5-9(6-11)10(7-12)8-13/h9-13H,2-8H2,1H3. The minimum Gasteiger partial charge on any atom is -0.396 e. The molecule has 1 fully saturated rings. The van der Waals surface area contributed by atoms with Crippen LogP contribution in [0.2, 0.25) is 0 Å². The fraction of sp³-hybridized carbons (Fsp3) is 1.00. The molecule has 0 spiro atoms. The molecule has 1 saturated carbocycles. The van der Waals surface area contributed by atoms with E-state index in [1.54, 1.807) is 0 Å². The summed E-state index contributed by atoms with van der Waals surface area (Å²) < 4.78 is 28.3. The SMILES string of the molecule is CCCCOS(=O)(=O)C1CC(C(CO)CO)C1. The van der Waals surface area contributed by atoms with Gasteiger partial charge in [0.15, 0.2) is 0 Å². The molecule has 0 bridgehead atoms. The van der Waals surface area contributed by atoms with Crippen molar-refractivity contribution in [3.63, 3.8) is 0 Å². The Morgan fingerprint density at radius 1 is 1.29 bits per heavy atom. The zero-order chi connectivity index (χ0) is 12.9. The molecule has 0 aliphatic heterocycles. The van der Waals surface area contributed by atoms with Crippen molar-refractivity contribution < 1.29 is 22.8 Å². The van der Waals surface area contributed by atoms with Gasteiger partial charge in [-0.3, -0.25) is 4.18 Å². The molecular formula is C11H22O5S. The lowest BCUT2D eigenvalue weighted by atomic mass is 9.76. The Labute approximate surface area is 103 Å². The van der Waals surface area contributed by atoms with Gasteiger partial charge in [0.2, 0.25) is 0 Å². The lowest BCUT2D eigenvalue weighted by Gasteiger charge is -2.38. The van der Waals surface area contributed by atoms with E-state index in [9.17, 15) is 8.42 Å². The third-order valence-electron chi connectivity index (χ3n) is 3.42. The molecule has 0 amide bonds. The van der Waals surface area contributed by atoms with Crippen molar-refractivity contribution in [2.75, 3.05) is 19.8 Å². The number of aliphatic hydroxyl groups is 2. The number of rotatable bonds is 8. The lowest BCUT2D eigenvalue weighted by Crippen LogP contribution is -2.42. The van der Waals surface area contributed by atoms with Crippen LogP contribution in [-0.2, 0) is 14.3 Å². The molecule has 0 saturated heterocycles. The minimum atomic E-state index is -3.44. The highest BCUT2D eigenvalue weighted by atomic mass is 32.2. The van der Waals surface area contributed by atoms with Gasteiger partial charge in [-0.2, -0.15) is 8.42 Å². The first-order valence-corrected chi connectivity index (χ1v) is 7.62.